The van der Waals surface area contributed by atoms with Gasteiger partial charge in [-0.05, 0) is 43.2 Å². The average Bonchev–Trinajstić information content (AvgIpc) is 3.67. The number of nitrogen functional groups attached to an aromatic ring is 1. The van der Waals surface area contributed by atoms with E-state index in [2.05, 4.69) is 82.4 Å². The van der Waals surface area contributed by atoms with Crippen LogP contribution >= 0.6 is 7.82 Å². The average molecular weight is 794 g/mol. The van der Waals surface area contributed by atoms with Gasteiger partial charge < -0.3 is 40.9 Å². The van der Waals surface area contributed by atoms with Crippen molar-refractivity contribution in [3.63, 3.8) is 0 Å². The summed E-state index contributed by atoms with van der Waals surface area (Å²) in [6.45, 7) is 1.48. The van der Waals surface area contributed by atoms with Crippen LogP contribution in [0.15, 0.2) is 47.3 Å². The third kappa shape index (κ3) is 8.31. The van der Waals surface area contributed by atoms with Crippen LogP contribution in [0.1, 0.15) is 44.8 Å². The van der Waals surface area contributed by atoms with Crippen LogP contribution < -0.4 is 36.3 Å². The molecule has 1 unspecified atom stereocenters. The molecule has 2 aliphatic heterocycles. The molecule has 5 atom stereocenters. The monoisotopic (exact) mass is 793 g/mol. The third-order valence-electron chi connectivity index (χ3n) is 10.2. The lowest BCUT2D eigenvalue weighted by atomic mass is 10.1. The molecule has 2 saturated heterocycles. The molecule has 2 aromatic carbocycles. The van der Waals surface area contributed by atoms with Crippen molar-refractivity contribution in [1.82, 2.24) is 24.8 Å². The van der Waals surface area contributed by atoms with Gasteiger partial charge in [0.1, 0.15) is 24.9 Å². The van der Waals surface area contributed by atoms with Gasteiger partial charge in [-0.25, -0.2) is 9.55 Å². The highest BCUT2D eigenvalue weighted by molar-refractivity contribution is 7.47. The van der Waals surface area contributed by atoms with Gasteiger partial charge in [-0.1, -0.05) is 12.8 Å². The number of ether oxygens (including phenoxy) is 1. The summed E-state index contributed by atoms with van der Waals surface area (Å²) in [7, 11) is 3.79. The van der Waals surface area contributed by atoms with E-state index in [9.17, 15) is 24.2 Å². The number of aromatic amines is 1. The number of anilines is 4. The number of phosphoric ester groups is 1. The van der Waals surface area contributed by atoms with Crippen molar-refractivity contribution in [3.8, 4) is 0 Å². The second-order valence-electron chi connectivity index (χ2n) is 14.7. The van der Waals surface area contributed by atoms with Crippen LogP contribution in [0.4, 0.5) is 23.3 Å². The first-order chi connectivity index (χ1) is 26.8. The zero-order chi connectivity index (χ0) is 39.7. The number of fused-ring (bicyclic) bond motifs is 4. The number of nitrogens with one attached hydrogen (secondary N) is 3. The van der Waals surface area contributed by atoms with Gasteiger partial charge in [0, 0.05) is 88.4 Å². The second-order valence-corrected chi connectivity index (χ2v) is 16.1. The molecule has 1 amide bonds. The van der Waals surface area contributed by atoms with Crippen molar-refractivity contribution in [2.45, 2.75) is 69.6 Å². The van der Waals surface area contributed by atoms with Crippen LogP contribution in [-0.2, 0) is 29.7 Å². The number of carbonyl (C=O) groups excluding carboxylic acids is 1. The van der Waals surface area contributed by atoms with Gasteiger partial charge in [0.15, 0.2) is 17.4 Å². The molecule has 2 aliphatic rings. The van der Waals surface area contributed by atoms with E-state index in [-0.39, 0.29) is 35.6 Å². The third-order valence-corrected chi connectivity index (χ3v) is 11.2. The lowest BCUT2D eigenvalue weighted by molar-refractivity contribution is -0.645. The molecule has 0 saturated carbocycles. The summed E-state index contributed by atoms with van der Waals surface area (Å²) in [5, 5.41) is 19.7. The number of phosphoric acid groups is 1. The number of hydrogen-bond acceptors (Lipinski definition) is 13. The molecule has 3 aromatic heterocycles. The van der Waals surface area contributed by atoms with E-state index in [0.29, 0.717) is 32.5 Å². The number of H-pyrrole nitrogens is 1. The van der Waals surface area contributed by atoms with Crippen molar-refractivity contribution < 1.29 is 37.7 Å². The molecule has 5 heterocycles. The summed E-state index contributed by atoms with van der Waals surface area (Å²) in [5.41, 5.74) is 9.80. The summed E-state index contributed by atoms with van der Waals surface area (Å²) in [4.78, 5) is 50.6. The summed E-state index contributed by atoms with van der Waals surface area (Å²) >= 11 is 0. The first kappa shape index (κ1) is 39.4. The molecule has 0 aliphatic carbocycles. The van der Waals surface area contributed by atoms with Crippen molar-refractivity contribution in [2.75, 3.05) is 68.7 Å². The number of imidazole rings is 1. The van der Waals surface area contributed by atoms with Crippen molar-refractivity contribution in [2.24, 2.45) is 0 Å². The highest BCUT2D eigenvalue weighted by Gasteiger charge is 2.53. The number of pyridine rings is 1. The number of aliphatic hydroxyl groups excluding tert-OH is 1. The Morgan fingerprint density at radius 1 is 1.00 bits per heavy atom. The zero-order valence-corrected chi connectivity index (χ0v) is 32.9. The number of aliphatic hydroxyl groups is 1. The van der Waals surface area contributed by atoms with E-state index in [1.54, 1.807) is 0 Å². The number of aryl methyl sites for hydroxylation is 1. The van der Waals surface area contributed by atoms with E-state index in [1.165, 1.54) is 4.57 Å². The number of amides is 1. The topological polar surface area (TPSA) is 226 Å². The fourth-order valence-corrected chi connectivity index (χ4v) is 8.27. The van der Waals surface area contributed by atoms with Crippen molar-refractivity contribution >= 4 is 70.0 Å². The van der Waals surface area contributed by atoms with Gasteiger partial charge in [0.2, 0.25) is 28.8 Å². The summed E-state index contributed by atoms with van der Waals surface area (Å²) in [6.07, 6.45) is -0.145. The fourth-order valence-electron chi connectivity index (χ4n) is 7.30. The first-order valence-electron chi connectivity index (χ1n) is 18.8. The Kier molecular flexibility index (Phi) is 11.5. The Hall–Kier alpha value is -4.84. The lowest BCUT2D eigenvalue weighted by Gasteiger charge is -2.27. The second kappa shape index (κ2) is 16.3. The highest BCUT2D eigenvalue weighted by atomic mass is 31.2. The van der Waals surface area contributed by atoms with Crippen molar-refractivity contribution in [3.05, 3.63) is 52.8 Å². The number of hydrogen-bond donors (Lipinski definition) is 6. The molecule has 0 spiro atoms. The van der Waals surface area contributed by atoms with E-state index >= 15 is 0 Å². The largest absolute Gasteiger partial charge is 0.472 e. The van der Waals surface area contributed by atoms with Crippen molar-refractivity contribution in [1.29, 1.82) is 0 Å². The number of nitrogens with two attached hydrogens (primary N) is 1. The number of carbonyl (C=O) groups is 1. The molecule has 18 nitrogen and oxygen atoms in total. The molecule has 0 bridgehead atoms. The van der Waals surface area contributed by atoms with Crippen LogP contribution in [0, 0.1) is 0 Å². The normalized spacial score (nSPS) is 22.1. The Morgan fingerprint density at radius 3 is 2.32 bits per heavy atom. The number of aromatic nitrogens is 5. The van der Waals surface area contributed by atoms with Gasteiger partial charge in [-0.15, -0.1) is 0 Å². The minimum Gasteiger partial charge on any atom is -0.386 e. The highest BCUT2D eigenvalue weighted by Crippen LogP contribution is 2.52. The molecule has 300 valence electrons. The number of benzene rings is 2. The summed E-state index contributed by atoms with van der Waals surface area (Å²) in [5.74, 6) is 0.0804. The molecule has 7 rings (SSSR count). The Bertz CT molecular complexity index is 2280. The van der Waals surface area contributed by atoms with Crippen LogP contribution in [0.2, 0.25) is 0 Å². The number of nitrogens with zero attached hydrogens (tertiary/aromatic N) is 6. The molecule has 5 aromatic rings. The predicted octanol–water partition coefficient (Wildman–Crippen LogP) is 2.77. The molecule has 2 fully saturated rings. The maximum absolute atomic E-state index is 12.9. The van der Waals surface area contributed by atoms with Gasteiger partial charge >= 0.3 is 7.82 Å². The van der Waals surface area contributed by atoms with E-state index < -0.39 is 37.9 Å². The minimum atomic E-state index is -4.35. The van der Waals surface area contributed by atoms with Gasteiger partial charge in [-0.2, -0.15) is 9.55 Å². The lowest BCUT2D eigenvalue weighted by Crippen LogP contribution is -2.39. The molecule has 7 N–H and O–H groups in total. The quantitative estimate of drug-likeness (QED) is 0.0388. The standard InChI is InChI=1S/C37H49N10O8P/c1-44(2)24-13-11-22-18-23-12-14-25(45(3)4)20-27(23)46(26(22)19-24)17-9-10-29(48)39-15-7-5-6-8-16-40-37-41-30-33(42-36(38)43-34(30)50)47(37)35-31(49)32-28(54-35)21-53-56(51,52)55-32/h11-14,18-20,28,31-32,35,49H,5-10,15-17,21H2,1-4H3,(H5-,38,39,40,41,42,43,48,50,51,52)/p+1/t28-,31-,32-,35-/m1/s1. The Labute approximate surface area is 323 Å². The molecule has 56 heavy (non-hydrogen) atoms. The first-order valence-corrected chi connectivity index (χ1v) is 20.3. The minimum absolute atomic E-state index is 0.0193. The van der Waals surface area contributed by atoms with E-state index in [0.717, 1.165) is 58.9 Å². The fraction of sp³-hybridized carbons (Fsp3) is 0.486. The van der Waals surface area contributed by atoms with E-state index in [4.69, 9.17) is 19.5 Å². The maximum atomic E-state index is 12.9. The number of unbranched alkanes of at least 4 members (excludes halogenated alkanes) is 3. The Morgan fingerprint density at radius 2 is 1.66 bits per heavy atom. The van der Waals surface area contributed by atoms with Crippen LogP contribution in [0.5, 0.6) is 0 Å². The molecule has 19 heteroatoms. The molecule has 0 radical (unpaired) electrons. The van der Waals surface area contributed by atoms with Gasteiger partial charge in [0.25, 0.3) is 5.56 Å². The molecular weight excluding hydrogens is 743 g/mol. The van der Waals surface area contributed by atoms with Crippen LogP contribution in [0.3, 0.4) is 0 Å². The zero-order valence-electron chi connectivity index (χ0n) is 32.0. The summed E-state index contributed by atoms with van der Waals surface area (Å²) in [6, 6.07) is 15.2. The number of rotatable bonds is 15. The smallest absolute Gasteiger partial charge is 0.386 e. The maximum Gasteiger partial charge on any atom is 0.472 e. The van der Waals surface area contributed by atoms with Gasteiger partial charge in [0.05, 0.1) is 6.61 Å². The SMILES string of the molecule is CN(C)c1ccc2cc3ccc(N(C)C)cc3[n+](CCCC(=O)NCCCCCCNc3nc4c(=O)[nH]c(N)nc4n3[C@@H]3O[C@@H]4COP(=O)(O)O[C@H]4[C@H]3O)c2c1. The summed E-state index contributed by atoms with van der Waals surface area (Å²) < 4.78 is 31.7. The molecular formula is C37H50N10O8P+. The van der Waals surface area contributed by atoms with Gasteiger partial charge in [-0.3, -0.25) is 28.2 Å². The Balaban J connectivity index is 0.899. The van der Waals surface area contributed by atoms with Crippen LogP contribution in [-0.4, -0.2) is 102 Å². The van der Waals surface area contributed by atoms with E-state index in [1.807, 2.05) is 28.2 Å². The predicted molar refractivity (Wildman–Crippen MR) is 213 cm³/mol. The van der Waals surface area contributed by atoms with Crippen LogP contribution in [0.25, 0.3) is 33.0 Å².